The van der Waals surface area contributed by atoms with Gasteiger partial charge in [-0.1, -0.05) is 19.9 Å². The van der Waals surface area contributed by atoms with Crippen molar-refractivity contribution < 1.29 is 24.6 Å². The van der Waals surface area contributed by atoms with E-state index in [-0.39, 0.29) is 24.3 Å². The van der Waals surface area contributed by atoms with Gasteiger partial charge in [-0.05, 0) is 30.0 Å². The summed E-state index contributed by atoms with van der Waals surface area (Å²) in [5.41, 5.74) is 0.574. The Morgan fingerprint density at radius 3 is 2.29 bits per heavy atom. The summed E-state index contributed by atoms with van der Waals surface area (Å²) in [5.74, 6) is -2.37. The first kappa shape index (κ1) is 16.7. The second-order valence-electron chi connectivity index (χ2n) is 5.79. The highest BCUT2D eigenvalue weighted by atomic mass is 16.4. The maximum absolute atomic E-state index is 12.0. The van der Waals surface area contributed by atoms with Crippen molar-refractivity contribution in [3.05, 3.63) is 29.3 Å². The number of aryl methyl sites for hydroxylation is 1. The van der Waals surface area contributed by atoms with Crippen molar-refractivity contribution in [2.45, 2.75) is 33.6 Å². The predicted octanol–water partition coefficient (Wildman–Crippen LogP) is 2.52. The van der Waals surface area contributed by atoms with E-state index >= 15 is 0 Å². The molecule has 3 N–H and O–H groups in total. The van der Waals surface area contributed by atoms with Crippen LogP contribution in [0.25, 0.3) is 0 Å². The molecule has 0 bridgehead atoms. The molecular weight excluding hydrogens is 274 g/mol. The van der Waals surface area contributed by atoms with E-state index < -0.39 is 17.4 Å². The van der Waals surface area contributed by atoms with Gasteiger partial charge in [-0.2, -0.15) is 0 Å². The molecule has 0 heterocycles. The average molecular weight is 293 g/mol. The minimum absolute atomic E-state index is 0.0377. The fraction of sp³-hybridized carbons (Fsp3) is 0.400. The van der Waals surface area contributed by atoms with Crippen LogP contribution in [0, 0.1) is 12.3 Å². The van der Waals surface area contributed by atoms with E-state index in [1.807, 2.05) is 0 Å². The van der Waals surface area contributed by atoms with E-state index in [0.29, 0.717) is 5.69 Å². The van der Waals surface area contributed by atoms with E-state index in [1.54, 1.807) is 26.8 Å². The number of carbonyl (C=O) groups is 3. The van der Waals surface area contributed by atoms with Crippen molar-refractivity contribution in [1.82, 2.24) is 0 Å². The van der Waals surface area contributed by atoms with Gasteiger partial charge in [0.2, 0.25) is 5.91 Å². The molecule has 0 aliphatic rings. The number of aliphatic carboxylic acids is 1. The summed E-state index contributed by atoms with van der Waals surface area (Å²) in [7, 11) is 0. The molecule has 0 saturated heterocycles. The van der Waals surface area contributed by atoms with Gasteiger partial charge in [-0.25, -0.2) is 4.79 Å². The highest BCUT2D eigenvalue weighted by molar-refractivity contribution is 5.95. The standard InChI is InChI=1S/C15H19NO5/c1-9-4-5-10(14(20)21)6-11(9)16-12(17)7-15(2,3)8-13(18)19/h4-6H,7-8H2,1-3H3,(H,16,17)(H,18,19)(H,20,21). The quantitative estimate of drug-likeness (QED) is 0.747. The highest BCUT2D eigenvalue weighted by Crippen LogP contribution is 2.26. The maximum Gasteiger partial charge on any atom is 0.335 e. The van der Waals surface area contributed by atoms with Crippen LogP contribution in [0.15, 0.2) is 18.2 Å². The van der Waals surface area contributed by atoms with Gasteiger partial charge in [0.25, 0.3) is 0 Å². The van der Waals surface area contributed by atoms with Crippen LogP contribution in [0.5, 0.6) is 0 Å². The van der Waals surface area contributed by atoms with Gasteiger partial charge in [-0.3, -0.25) is 9.59 Å². The maximum atomic E-state index is 12.0. The number of hydrogen-bond donors (Lipinski definition) is 3. The molecule has 6 heteroatoms. The monoisotopic (exact) mass is 293 g/mol. The Labute approximate surface area is 122 Å². The van der Waals surface area contributed by atoms with E-state index in [4.69, 9.17) is 10.2 Å². The normalized spacial score (nSPS) is 11.0. The molecule has 1 amide bonds. The van der Waals surface area contributed by atoms with E-state index in [2.05, 4.69) is 5.32 Å². The zero-order chi connectivity index (χ0) is 16.2. The Balaban J connectivity index is 2.81. The molecule has 0 fully saturated rings. The van der Waals surface area contributed by atoms with E-state index in [0.717, 1.165) is 5.56 Å². The van der Waals surface area contributed by atoms with Gasteiger partial charge in [0.1, 0.15) is 0 Å². The van der Waals surface area contributed by atoms with Crippen LogP contribution in [-0.2, 0) is 9.59 Å². The van der Waals surface area contributed by atoms with Crippen molar-refractivity contribution in [2.75, 3.05) is 5.32 Å². The minimum Gasteiger partial charge on any atom is -0.481 e. The molecular formula is C15H19NO5. The zero-order valence-electron chi connectivity index (χ0n) is 12.3. The molecule has 0 radical (unpaired) electrons. The van der Waals surface area contributed by atoms with Gasteiger partial charge in [0.15, 0.2) is 0 Å². The molecule has 0 aliphatic carbocycles. The van der Waals surface area contributed by atoms with E-state index in [9.17, 15) is 14.4 Å². The first-order valence-corrected chi connectivity index (χ1v) is 6.46. The Hall–Kier alpha value is -2.37. The highest BCUT2D eigenvalue weighted by Gasteiger charge is 2.25. The number of carbonyl (C=O) groups excluding carboxylic acids is 1. The lowest BCUT2D eigenvalue weighted by atomic mass is 9.85. The topological polar surface area (TPSA) is 104 Å². The fourth-order valence-electron chi connectivity index (χ4n) is 1.99. The molecule has 6 nitrogen and oxygen atoms in total. The summed E-state index contributed by atoms with van der Waals surface area (Å²) in [6.45, 7) is 5.14. The molecule has 1 rings (SSSR count). The minimum atomic E-state index is -1.07. The van der Waals surface area contributed by atoms with Crippen LogP contribution in [0.3, 0.4) is 0 Å². The summed E-state index contributed by atoms with van der Waals surface area (Å²) >= 11 is 0. The molecule has 114 valence electrons. The molecule has 0 aliphatic heterocycles. The van der Waals surface area contributed by atoms with Crippen molar-refractivity contribution in [3.63, 3.8) is 0 Å². The van der Waals surface area contributed by atoms with Crippen molar-refractivity contribution in [1.29, 1.82) is 0 Å². The van der Waals surface area contributed by atoms with Gasteiger partial charge < -0.3 is 15.5 Å². The number of rotatable bonds is 6. The Bertz CT molecular complexity index is 577. The zero-order valence-corrected chi connectivity index (χ0v) is 12.3. The van der Waals surface area contributed by atoms with Crippen LogP contribution in [0.4, 0.5) is 5.69 Å². The lowest BCUT2D eigenvalue weighted by Gasteiger charge is -2.21. The smallest absolute Gasteiger partial charge is 0.335 e. The third-order valence-electron chi connectivity index (χ3n) is 3.03. The molecule has 1 aromatic carbocycles. The summed E-state index contributed by atoms with van der Waals surface area (Å²) in [4.78, 5) is 33.6. The number of aromatic carboxylic acids is 1. The lowest BCUT2D eigenvalue weighted by Crippen LogP contribution is -2.25. The first-order chi connectivity index (χ1) is 9.60. The summed E-state index contributed by atoms with van der Waals surface area (Å²) < 4.78 is 0. The first-order valence-electron chi connectivity index (χ1n) is 6.46. The van der Waals surface area contributed by atoms with Crippen molar-refractivity contribution in [2.24, 2.45) is 5.41 Å². The number of benzene rings is 1. The molecule has 1 aromatic rings. The molecule has 0 spiro atoms. The molecule has 0 unspecified atom stereocenters. The summed E-state index contributed by atoms with van der Waals surface area (Å²) in [5, 5.41) is 20.4. The van der Waals surface area contributed by atoms with Gasteiger partial charge in [0, 0.05) is 12.1 Å². The van der Waals surface area contributed by atoms with Crippen LogP contribution >= 0.6 is 0 Å². The Morgan fingerprint density at radius 2 is 1.76 bits per heavy atom. The average Bonchev–Trinajstić information content (AvgIpc) is 2.28. The lowest BCUT2D eigenvalue weighted by molar-refractivity contribution is -0.139. The van der Waals surface area contributed by atoms with Gasteiger partial charge >= 0.3 is 11.9 Å². The Kier molecular flexibility index (Phi) is 5.07. The van der Waals surface area contributed by atoms with E-state index in [1.165, 1.54) is 12.1 Å². The largest absolute Gasteiger partial charge is 0.481 e. The number of carboxylic acid groups (broad SMARTS) is 2. The number of nitrogens with one attached hydrogen (secondary N) is 1. The van der Waals surface area contributed by atoms with Crippen molar-refractivity contribution >= 4 is 23.5 Å². The number of anilines is 1. The van der Waals surface area contributed by atoms with Crippen LogP contribution in [-0.4, -0.2) is 28.1 Å². The third kappa shape index (κ3) is 5.25. The summed E-state index contributed by atoms with van der Waals surface area (Å²) in [6.07, 6.45) is -0.0788. The van der Waals surface area contributed by atoms with Gasteiger partial charge in [0.05, 0.1) is 12.0 Å². The predicted molar refractivity (Wildman–Crippen MR) is 77.4 cm³/mol. The molecule has 0 atom stereocenters. The number of carboxylic acids is 2. The fourth-order valence-corrected chi connectivity index (χ4v) is 1.99. The SMILES string of the molecule is Cc1ccc(C(=O)O)cc1NC(=O)CC(C)(C)CC(=O)O. The molecule has 21 heavy (non-hydrogen) atoms. The Morgan fingerprint density at radius 1 is 1.14 bits per heavy atom. The number of amides is 1. The second-order valence-corrected chi connectivity index (χ2v) is 5.79. The second kappa shape index (κ2) is 6.39. The van der Waals surface area contributed by atoms with Gasteiger partial charge in [-0.15, -0.1) is 0 Å². The van der Waals surface area contributed by atoms with Crippen LogP contribution in [0.1, 0.15) is 42.6 Å². The van der Waals surface area contributed by atoms with Crippen LogP contribution in [0.2, 0.25) is 0 Å². The number of hydrogen-bond acceptors (Lipinski definition) is 3. The molecule has 0 saturated carbocycles. The third-order valence-corrected chi connectivity index (χ3v) is 3.03. The molecule has 0 aromatic heterocycles. The van der Waals surface area contributed by atoms with Crippen molar-refractivity contribution in [3.8, 4) is 0 Å². The van der Waals surface area contributed by atoms with Crippen LogP contribution < -0.4 is 5.32 Å². The summed E-state index contributed by atoms with van der Waals surface area (Å²) in [6, 6.07) is 4.46.